The van der Waals surface area contributed by atoms with Gasteiger partial charge in [-0.05, 0) is 12.8 Å². The highest BCUT2D eigenvalue weighted by Gasteiger charge is 2.20. The van der Waals surface area contributed by atoms with E-state index in [1.165, 1.54) is 64.2 Å². The third kappa shape index (κ3) is 14.2. The van der Waals surface area contributed by atoms with E-state index in [0.29, 0.717) is 0 Å². The number of unbranched alkanes of at least 4 members (excludes halogenated alkanes) is 10. The van der Waals surface area contributed by atoms with E-state index in [4.69, 9.17) is 0 Å². The van der Waals surface area contributed by atoms with Gasteiger partial charge in [0.25, 0.3) is 5.70 Å². The minimum Gasteiger partial charge on any atom is -0.283 e. The molecule has 0 aromatic rings. The summed E-state index contributed by atoms with van der Waals surface area (Å²) in [5.41, 5.74) is -2.68. The molecule has 0 aromatic carbocycles. The second-order valence-electron chi connectivity index (χ2n) is 6.00. The molecule has 21 heavy (non-hydrogen) atoms. The van der Waals surface area contributed by atoms with Crippen LogP contribution in [0.25, 0.3) is 0 Å². The van der Waals surface area contributed by atoms with Crippen molar-refractivity contribution >= 4 is 30.2 Å². The summed E-state index contributed by atoms with van der Waals surface area (Å²) in [4.78, 5) is 0. The van der Waals surface area contributed by atoms with Crippen molar-refractivity contribution in [1.29, 1.82) is 0 Å². The van der Waals surface area contributed by atoms with Gasteiger partial charge in [0.15, 0.2) is 0 Å². The van der Waals surface area contributed by atoms with Crippen LogP contribution in [-0.4, -0.2) is 17.8 Å². The van der Waals surface area contributed by atoms with Gasteiger partial charge in [0, 0.05) is 13.1 Å². The molecule has 0 rings (SSSR count). The van der Waals surface area contributed by atoms with E-state index in [0.717, 1.165) is 25.9 Å². The number of nitrogens with zero attached hydrogens (tertiary/aromatic N) is 1. The van der Waals surface area contributed by atoms with Crippen LogP contribution in [-0.2, 0) is 4.57 Å². The normalized spacial score (nSPS) is 12.2. The van der Waals surface area contributed by atoms with E-state index < -0.39 is 5.70 Å². The Labute approximate surface area is 143 Å². The maximum atomic E-state index is 12.1. The lowest BCUT2D eigenvalue weighted by molar-refractivity contribution is 0.398. The van der Waals surface area contributed by atoms with Gasteiger partial charge in [0.2, 0.25) is 0 Å². The summed E-state index contributed by atoms with van der Waals surface area (Å²) in [6.07, 6.45) is 15.2. The zero-order chi connectivity index (χ0) is 16.0. The zero-order valence-corrected chi connectivity index (χ0v) is 16.8. The smallest absolute Gasteiger partial charge is 0.251 e. The minimum absolute atomic E-state index is 0.880. The summed E-state index contributed by atoms with van der Waals surface area (Å²) in [6.45, 7) is 6.23. The quantitative estimate of drug-likeness (QED) is 0.188. The maximum Gasteiger partial charge on any atom is 0.251 e. The number of hydrogen-bond acceptors (Lipinski definition) is 1. The van der Waals surface area contributed by atoms with Crippen LogP contribution in [0.15, 0.2) is 0 Å². The van der Waals surface area contributed by atoms with Crippen molar-refractivity contribution in [2.75, 3.05) is 13.1 Å². The van der Waals surface area contributed by atoms with Crippen molar-refractivity contribution in [3.8, 4) is 0 Å². The fraction of sp³-hybridized carbons (Fsp3) is 1.00. The molecule has 0 N–H and O–H groups in total. The van der Waals surface area contributed by atoms with Gasteiger partial charge in [0.05, 0.1) is 0 Å². The lowest BCUT2D eigenvalue weighted by Crippen LogP contribution is -2.19. The van der Waals surface area contributed by atoms with Crippen molar-refractivity contribution in [2.45, 2.75) is 90.9 Å². The second kappa shape index (κ2) is 14.5. The van der Waals surface area contributed by atoms with E-state index in [2.05, 4.69) is 38.3 Å². The van der Waals surface area contributed by atoms with Crippen LogP contribution < -0.4 is 0 Å². The van der Waals surface area contributed by atoms with Crippen molar-refractivity contribution in [1.82, 2.24) is 4.67 Å². The molecule has 0 saturated carbocycles. The number of hydrogen-bond donors (Lipinski definition) is 2. The molecule has 0 heterocycles. The van der Waals surface area contributed by atoms with E-state index in [1.807, 2.05) is 4.67 Å². The molecule has 0 saturated heterocycles. The van der Waals surface area contributed by atoms with E-state index >= 15 is 0 Å². The van der Waals surface area contributed by atoms with Crippen LogP contribution in [0, 0.1) is 0 Å². The van der Waals surface area contributed by atoms with E-state index in [9.17, 15) is 4.57 Å². The van der Waals surface area contributed by atoms with Crippen molar-refractivity contribution in [3.05, 3.63) is 0 Å². The highest BCUT2D eigenvalue weighted by atomic mass is 33.1. The standard InChI is InChI=1S/C16H36NOPS2/c1-3-5-7-9-11-13-15-17(19(18,20)21)16-14-12-10-8-6-4-2/h3-16H2,1-2H3,(H2,18,20,21). The Morgan fingerprint density at radius 3 is 1.33 bits per heavy atom. The molecule has 0 amide bonds. The fourth-order valence-corrected chi connectivity index (χ4v) is 4.40. The monoisotopic (exact) mass is 353 g/mol. The molecule has 0 fully saturated rings. The summed E-state index contributed by atoms with van der Waals surface area (Å²) in [5, 5.41) is 0. The molecule has 0 radical (unpaired) electrons. The van der Waals surface area contributed by atoms with Gasteiger partial charge in [-0.1, -0.05) is 103 Å². The molecule has 128 valence electrons. The van der Waals surface area contributed by atoms with Gasteiger partial charge in [-0.3, -0.25) is 4.57 Å². The van der Waals surface area contributed by atoms with Gasteiger partial charge < -0.3 is 0 Å². The third-order valence-corrected chi connectivity index (χ3v) is 6.56. The van der Waals surface area contributed by atoms with Crippen molar-refractivity contribution in [3.63, 3.8) is 0 Å². The first-order chi connectivity index (χ1) is 10.0. The first kappa shape index (κ1) is 21.9. The molecule has 0 spiro atoms. The van der Waals surface area contributed by atoms with Gasteiger partial charge in [0.1, 0.15) is 0 Å². The van der Waals surface area contributed by atoms with Crippen LogP contribution in [0.2, 0.25) is 0 Å². The molecular formula is C16H36NOPS2. The van der Waals surface area contributed by atoms with Crippen LogP contribution >= 0.6 is 30.2 Å². The van der Waals surface area contributed by atoms with E-state index in [-0.39, 0.29) is 0 Å². The van der Waals surface area contributed by atoms with Crippen molar-refractivity contribution in [2.24, 2.45) is 0 Å². The molecular weight excluding hydrogens is 317 g/mol. The minimum atomic E-state index is -2.68. The Kier molecular flexibility index (Phi) is 15.1. The molecule has 0 bridgehead atoms. The fourth-order valence-electron chi connectivity index (χ4n) is 2.52. The van der Waals surface area contributed by atoms with Gasteiger partial charge in [-0.15, -0.1) is 0 Å². The molecule has 2 nitrogen and oxygen atoms in total. The molecule has 0 unspecified atom stereocenters. The Morgan fingerprint density at radius 2 is 1.00 bits per heavy atom. The summed E-state index contributed by atoms with van der Waals surface area (Å²) >= 11 is 8.42. The molecule has 0 aromatic heterocycles. The molecule has 0 aliphatic carbocycles. The highest BCUT2D eigenvalue weighted by Crippen LogP contribution is 2.58. The van der Waals surface area contributed by atoms with Crippen LogP contribution in [0.5, 0.6) is 0 Å². The molecule has 0 atom stereocenters. The predicted octanol–water partition coefficient (Wildman–Crippen LogP) is 6.98. The average molecular weight is 354 g/mol. The predicted molar refractivity (Wildman–Crippen MR) is 104 cm³/mol. The first-order valence-electron chi connectivity index (χ1n) is 8.83. The molecule has 0 aliphatic rings. The van der Waals surface area contributed by atoms with Crippen molar-refractivity contribution < 1.29 is 4.57 Å². The number of rotatable bonds is 15. The summed E-state index contributed by atoms with van der Waals surface area (Å²) in [5.74, 6) is 0. The lowest BCUT2D eigenvalue weighted by atomic mass is 10.1. The van der Waals surface area contributed by atoms with Gasteiger partial charge in [-0.2, -0.15) is 0 Å². The largest absolute Gasteiger partial charge is 0.283 e. The number of thiol groups is 2. The summed E-state index contributed by atoms with van der Waals surface area (Å²) in [7, 11) is 0. The van der Waals surface area contributed by atoms with Crippen LogP contribution in [0.4, 0.5) is 0 Å². The maximum absolute atomic E-state index is 12.1. The Hall–Kier alpha value is 0.890. The summed E-state index contributed by atoms with van der Waals surface area (Å²) < 4.78 is 14.1. The Morgan fingerprint density at radius 1 is 0.667 bits per heavy atom. The Balaban J connectivity index is 3.76. The van der Waals surface area contributed by atoms with Gasteiger partial charge in [-0.25, -0.2) is 4.67 Å². The molecule has 5 heteroatoms. The first-order valence-corrected chi connectivity index (χ1v) is 12.8. The highest BCUT2D eigenvalue weighted by molar-refractivity contribution is 8.80. The average Bonchev–Trinajstić information content (AvgIpc) is 2.42. The topological polar surface area (TPSA) is 20.3 Å². The van der Waals surface area contributed by atoms with Crippen LogP contribution in [0.3, 0.4) is 0 Å². The second-order valence-corrected chi connectivity index (χ2v) is 11.8. The van der Waals surface area contributed by atoms with E-state index in [1.54, 1.807) is 0 Å². The lowest BCUT2D eigenvalue weighted by Gasteiger charge is -2.24. The SMILES string of the molecule is CCCCCCCCN(CCCCCCCC)P(=O)(S)S. The van der Waals surface area contributed by atoms with Gasteiger partial charge >= 0.3 is 0 Å². The third-order valence-electron chi connectivity index (χ3n) is 3.91. The summed E-state index contributed by atoms with van der Waals surface area (Å²) in [6, 6.07) is 0. The van der Waals surface area contributed by atoms with Crippen LogP contribution in [0.1, 0.15) is 90.9 Å². The zero-order valence-electron chi connectivity index (χ0n) is 14.1. The molecule has 0 aliphatic heterocycles. The Bertz CT molecular complexity index is 255.